The average molecular weight is 384 g/mol. The zero-order valence-electron chi connectivity index (χ0n) is 14.9. The Morgan fingerprint density at radius 3 is 2.42 bits per heavy atom. The molecule has 0 atom stereocenters. The van der Waals surface area contributed by atoms with Gasteiger partial charge in [0.2, 0.25) is 0 Å². The second-order valence-electron chi connectivity index (χ2n) is 7.49. The van der Waals surface area contributed by atoms with Crippen molar-refractivity contribution in [3.63, 3.8) is 0 Å². The van der Waals surface area contributed by atoms with E-state index in [9.17, 15) is 17.6 Å². The van der Waals surface area contributed by atoms with Gasteiger partial charge < -0.3 is 15.0 Å². The zero-order chi connectivity index (χ0) is 18.8. The van der Waals surface area contributed by atoms with Gasteiger partial charge in [0.15, 0.2) is 0 Å². The van der Waals surface area contributed by atoms with Crippen LogP contribution in [0, 0.1) is 11.2 Å². The average Bonchev–Trinajstić information content (AvgIpc) is 3.33. The summed E-state index contributed by atoms with van der Waals surface area (Å²) in [5.74, 6) is 0.465. The molecule has 3 rings (SSSR count). The van der Waals surface area contributed by atoms with Crippen molar-refractivity contribution in [1.82, 2.24) is 10.2 Å². The van der Waals surface area contributed by atoms with E-state index >= 15 is 0 Å². The van der Waals surface area contributed by atoms with Crippen LogP contribution in [0.25, 0.3) is 0 Å². The number of benzene rings is 1. The molecule has 1 saturated heterocycles. The number of halogens is 1. The molecule has 0 aromatic heterocycles. The summed E-state index contributed by atoms with van der Waals surface area (Å²) in [7, 11) is -3.04. The van der Waals surface area contributed by atoms with E-state index in [2.05, 4.69) is 5.32 Å². The lowest BCUT2D eigenvalue weighted by molar-refractivity contribution is 0.110. The Morgan fingerprint density at radius 1 is 1.27 bits per heavy atom. The van der Waals surface area contributed by atoms with Crippen LogP contribution < -0.4 is 10.1 Å². The van der Waals surface area contributed by atoms with Gasteiger partial charge in [0.25, 0.3) is 0 Å². The SMILES string of the molecule is CS(=O)(=O)CC1(CNC(=O)N2CCC(Oc3ccc(F)cc3)CC2)CC1. The number of carbonyl (C=O) groups excluding carboxylic acids is 1. The first-order valence-electron chi connectivity index (χ1n) is 8.87. The smallest absolute Gasteiger partial charge is 0.317 e. The molecule has 144 valence electrons. The molecule has 1 aromatic rings. The van der Waals surface area contributed by atoms with Gasteiger partial charge in [-0.2, -0.15) is 0 Å². The van der Waals surface area contributed by atoms with Crippen LogP contribution in [0.3, 0.4) is 0 Å². The number of rotatable bonds is 6. The van der Waals surface area contributed by atoms with E-state index < -0.39 is 9.84 Å². The molecule has 1 aromatic carbocycles. The van der Waals surface area contributed by atoms with Crippen LogP contribution >= 0.6 is 0 Å². The number of ether oxygens (including phenoxy) is 1. The largest absolute Gasteiger partial charge is 0.490 e. The minimum atomic E-state index is -3.04. The molecule has 6 nitrogen and oxygen atoms in total. The lowest BCUT2D eigenvalue weighted by Gasteiger charge is -2.32. The summed E-state index contributed by atoms with van der Waals surface area (Å²) < 4.78 is 41.7. The molecule has 0 radical (unpaired) electrons. The van der Waals surface area contributed by atoms with Gasteiger partial charge in [-0.3, -0.25) is 0 Å². The lowest BCUT2D eigenvalue weighted by Crippen LogP contribution is -2.48. The standard InChI is InChI=1S/C18H25FN2O4S/c1-26(23,24)13-18(8-9-18)12-20-17(22)21-10-6-16(7-11-21)25-15-4-2-14(19)3-5-15/h2-5,16H,6-13H2,1H3,(H,20,22). The van der Waals surface area contributed by atoms with Gasteiger partial charge in [0.1, 0.15) is 27.5 Å². The minimum Gasteiger partial charge on any atom is -0.490 e. The number of likely N-dealkylation sites (tertiary alicyclic amines) is 1. The van der Waals surface area contributed by atoms with E-state index in [-0.39, 0.29) is 29.1 Å². The van der Waals surface area contributed by atoms with Gasteiger partial charge in [-0.1, -0.05) is 0 Å². The molecule has 0 bridgehead atoms. The van der Waals surface area contributed by atoms with Gasteiger partial charge in [-0.25, -0.2) is 17.6 Å². The summed E-state index contributed by atoms with van der Waals surface area (Å²) in [6.07, 6.45) is 4.34. The van der Waals surface area contributed by atoms with Gasteiger partial charge in [0.05, 0.1) is 5.75 Å². The monoisotopic (exact) mass is 384 g/mol. The maximum Gasteiger partial charge on any atom is 0.317 e. The molecule has 0 unspecified atom stereocenters. The van der Waals surface area contributed by atoms with Gasteiger partial charge in [0, 0.05) is 44.1 Å². The number of urea groups is 1. The van der Waals surface area contributed by atoms with Crippen molar-refractivity contribution >= 4 is 15.9 Å². The summed E-state index contributed by atoms with van der Waals surface area (Å²) in [4.78, 5) is 14.1. The maximum absolute atomic E-state index is 12.9. The first-order chi connectivity index (χ1) is 12.2. The maximum atomic E-state index is 12.9. The number of piperidine rings is 1. The minimum absolute atomic E-state index is 0.00419. The fourth-order valence-electron chi connectivity index (χ4n) is 3.36. The first kappa shape index (κ1) is 18.9. The molecule has 1 aliphatic carbocycles. The molecule has 1 heterocycles. The van der Waals surface area contributed by atoms with Gasteiger partial charge in [-0.15, -0.1) is 0 Å². The Balaban J connectivity index is 1.41. The topological polar surface area (TPSA) is 75.7 Å². The van der Waals surface area contributed by atoms with Crippen LogP contribution in [-0.2, 0) is 9.84 Å². The van der Waals surface area contributed by atoms with Crippen LogP contribution in [-0.4, -0.2) is 57.1 Å². The number of hydrogen-bond acceptors (Lipinski definition) is 4. The molecular formula is C18H25FN2O4S. The van der Waals surface area contributed by atoms with Crippen LogP contribution in [0.4, 0.5) is 9.18 Å². The van der Waals surface area contributed by atoms with Crippen LogP contribution in [0.1, 0.15) is 25.7 Å². The third-order valence-corrected chi connectivity index (χ3v) is 6.12. The van der Waals surface area contributed by atoms with E-state index in [0.29, 0.717) is 38.2 Å². The number of nitrogens with zero attached hydrogens (tertiary/aromatic N) is 1. The summed E-state index contributed by atoms with van der Waals surface area (Å²) >= 11 is 0. The number of hydrogen-bond donors (Lipinski definition) is 1. The third-order valence-electron chi connectivity index (χ3n) is 4.99. The zero-order valence-corrected chi connectivity index (χ0v) is 15.7. The van der Waals surface area contributed by atoms with Crippen molar-refractivity contribution in [1.29, 1.82) is 0 Å². The molecule has 1 saturated carbocycles. The van der Waals surface area contributed by atoms with Gasteiger partial charge >= 0.3 is 6.03 Å². The summed E-state index contributed by atoms with van der Waals surface area (Å²) in [6.45, 7) is 1.57. The van der Waals surface area contributed by atoms with E-state index in [0.717, 1.165) is 12.8 Å². The van der Waals surface area contributed by atoms with Crippen LogP contribution in [0.5, 0.6) is 5.75 Å². The highest BCUT2D eigenvalue weighted by atomic mass is 32.2. The molecule has 2 fully saturated rings. The Morgan fingerprint density at radius 2 is 1.88 bits per heavy atom. The highest BCUT2D eigenvalue weighted by molar-refractivity contribution is 7.90. The van der Waals surface area contributed by atoms with Crippen LogP contribution in [0.2, 0.25) is 0 Å². The van der Waals surface area contributed by atoms with Gasteiger partial charge in [-0.05, 0) is 37.1 Å². The van der Waals surface area contributed by atoms with E-state index in [1.165, 1.54) is 18.4 Å². The molecule has 2 amide bonds. The second kappa shape index (κ2) is 7.42. The number of nitrogens with one attached hydrogen (secondary N) is 1. The highest BCUT2D eigenvalue weighted by Gasteiger charge is 2.45. The molecule has 8 heteroatoms. The Kier molecular flexibility index (Phi) is 5.41. The quantitative estimate of drug-likeness (QED) is 0.816. The van der Waals surface area contributed by atoms with Crippen molar-refractivity contribution in [2.24, 2.45) is 5.41 Å². The Hall–Kier alpha value is -1.83. The third kappa shape index (κ3) is 5.33. The number of sulfone groups is 1. The van der Waals surface area contributed by atoms with Crippen molar-refractivity contribution in [2.45, 2.75) is 31.8 Å². The van der Waals surface area contributed by atoms with Crippen molar-refractivity contribution < 1.29 is 22.3 Å². The van der Waals surface area contributed by atoms with E-state index in [1.807, 2.05) is 0 Å². The first-order valence-corrected chi connectivity index (χ1v) is 10.9. The summed E-state index contributed by atoms with van der Waals surface area (Å²) in [6, 6.07) is 5.78. The molecule has 0 spiro atoms. The molecule has 1 N–H and O–H groups in total. The van der Waals surface area contributed by atoms with Crippen molar-refractivity contribution in [3.05, 3.63) is 30.1 Å². The highest BCUT2D eigenvalue weighted by Crippen LogP contribution is 2.46. The predicted molar refractivity (Wildman–Crippen MR) is 96.4 cm³/mol. The molecule has 1 aliphatic heterocycles. The van der Waals surface area contributed by atoms with Crippen LogP contribution in [0.15, 0.2) is 24.3 Å². The normalized spacial score (nSPS) is 19.8. The summed E-state index contributed by atoms with van der Waals surface area (Å²) in [5.41, 5.74) is -0.271. The summed E-state index contributed by atoms with van der Waals surface area (Å²) in [5, 5.41) is 2.89. The number of carbonyl (C=O) groups is 1. The fourth-order valence-corrected chi connectivity index (χ4v) is 4.87. The second-order valence-corrected chi connectivity index (χ2v) is 9.63. The number of amides is 2. The molecule has 2 aliphatic rings. The van der Waals surface area contributed by atoms with E-state index in [1.54, 1.807) is 17.0 Å². The molecule has 26 heavy (non-hydrogen) atoms. The Labute approximate surface area is 153 Å². The molecular weight excluding hydrogens is 359 g/mol. The van der Waals surface area contributed by atoms with E-state index in [4.69, 9.17) is 4.74 Å². The predicted octanol–water partition coefficient (Wildman–Crippen LogP) is 2.20. The van der Waals surface area contributed by atoms with Crippen molar-refractivity contribution in [2.75, 3.05) is 31.6 Å². The fraction of sp³-hybridized carbons (Fsp3) is 0.611. The lowest BCUT2D eigenvalue weighted by atomic mass is 10.1. The van der Waals surface area contributed by atoms with Crippen molar-refractivity contribution in [3.8, 4) is 5.75 Å². The Bertz CT molecular complexity index is 739.